The lowest BCUT2D eigenvalue weighted by Crippen LogP contribution is -2.28. The topological polar surface area (TPSA) is 20.3 Å². The minimum Gasteiger partial charge on any atom is -0.339 e. The highest BCUT2D eigenvalue weighted by Gasteiger charge is 2.22. The Balaban J connectivity index is 2.27. The van der Waals surface area contributed by atoms with Gasteiger partial charge in [-0.2, -0.15) is 0 Å². The predicted molar refractivity (Wildman–Crippen MR) is 60.9 cm³/mol. The van der Waals surface area contributed by atoms with Crippen LogP contribution in [0.15, 0.2) is 18.2 Å². The molecule has 0 saturated carbocycles. The first kappa shape index (κ1) is 11.1. The number of nitrogens with zero attached hydrogens (tertiary/aromatic N) is 1. The summed E-state index contributed by atoms with van der Waals surface area (Å²) in [5, 5.41) is 0. The van der Waals surface area contributed by atoms with Crippen molar-refractivity contribution in [1.29, 1.82) is 0 Å². The zero-order valence-electron chi connectivity index (χ0n) is 9.50. The SMILES string of the molecule is CCc1ccc(F)c(C(=O)N2CCCC2)c1. The zero-order chi connectivity index (χ0) is 11.5. The zero-order valence-corrected chi connectivity index (χ0v) is 9.50. The van der Waals surface area contributed by atoms with Crippen LogP contribution in [0.2, 0.25) is 0 Å². The molecule has 0 N–H and O–H groups in total. The van der Waals surface area contributed by atoms with Crippen LogP contribution in [0, 0.1) is 5.82 Å². The van der Waals surface area contributed by atoms with E-state index in [9.17, 15) is 9.18 Å². The Hall–Kier alpha value is -1.38. The highest BCUT2D eigenvalue weighted by Crippen LogP contribution is 2.17. The average Bonchev–Trinajstić information content (AvgIpc) is 2.82. The molecule has 0 aromatic heterocycles. The molecule has 86 valence electrons. The Kier molecular flexibility index (Phi) is 3.22. The molecule has 16 heavy (non-hydrogen) atoms. The quantitative estimate of drug-likeness (QED) is 0.751. The molecule has 3 heteroatoms. The number of carbonyl (C=O) groups is 1. The lowest BCUT2D eigenvalue weighted by atomic mass is 10.1. The number of benzene rings is 1. The van der Waals surface area contributed by atoms with Crippen LogP contribution in [-0.4, -0.2) is 23.9 Å². The molecule has 0 aliphatic carbocycles. The summed E-state index contributed by atoms with van der Waals surface area (Å²) in [5.74, 6) is -0.570. The normalized spacial score (nSPS) is 15.5. The fourth-order valence-electron chi connectivity index (χ4n) is 2.05. The number of carbonyl (C=O) groups excluding carboxylic acids is 1. The van der Waals surface area contributed by atoms with Gasteiger partial charge in [0, 0.05) is 13.1 Å². The van der Waals surface area contributed by atoms with Crippen molar-refractivity contribution < 1.29 is 9.18 Å². The van der Waals surface area contributed by atoms with Gasteiger partial charge in [0.05, 0.1) is 5.56 Å². The highest BCUT2D eigenvalue weighted by molar-refractivity contribution is 5.94. The van der Waals surface area contributed by atoms with E-state index < -0.39 is 5.82 Å². The summed E-state index contributed by atoms with van der Waals surface area (Å²) < 4.78 is 13.6. The molecule has 0 atom stereocenters. The van der Waals surface area contributed by atoms with Crippen molar-refractivity contribution in [2.75, 3.05) is 13.1 Å². The third-order valence-corrected chi connectivity index (χ3v) is 3.06. The molecular formula is C13H16FNO. The van der Waals surface area contributed by atoms with Crippen molar-refractivity contribution in [2.45, 2.75) is 26.2 Å². The monoisotopic (exact) mass is 221 g/mol. The lowest BCUT2D eigenvalue weighted by Gasteiger charge is -2.16. The maximum Gasteiger partial charge on any atom is 0.256 e. The van der Waals surface area contributed by atoms with Crippen LogP contribution in [0.1, 0.15) is 35.7 Å². The molecule has 0 bridgehead atoms. The van der Waals surface area contributed by atoms with E-state index in [4.69, 9.17) is 0 Å². The number of amides is 1. The van der Waals surface area contributed by atoms with Crippen LogP contribution in [0.3, 0.4) is 0 Å². The molecule has 1 fully saturated rings. The maximum atomic E-state index is 13.6. The molecule has 1 aliphatic heterocycles. The Morgan fingerprint density at radius 3 is 2.69 bits per heavy atom. The van der Waals surface area contributed by atoms with Crippen molar-refractivity contribution in [3.8, 4) is 0 Å². The van der Waals surface area contributed by atoms with E-state index in [2.05, 4.69) is 0 Å². The first-order valence-corrected chi connectivity index (χ1v) is 5.80. The molecule has 2 rings (SSSR count). The average molecular weight is 221 g/mol. The molecule has 2 nitrogen and oxygen atoms in total. The third-order valence-electron chi connectivity index (χ3n) is 3.06. The summed E-state index contributed by atoms with van der Waals surface area (Å²) in [6.07, 6.45) is 2.88. The lowest BCUT2D eigenvalue weighted by molar-refractivity contribution is 0.0788. The summed E-state index contributed by atoms with van der Waals surface area (Å²) in [4.78, 5) is 13.8. The highest BCUT2D eigenvalue weighted by atomic mass is 19.1. The van der Waals surface area contributed by atoms with Crippen molar-refractivity contribution in [2.24, 2.45) is 0 Å². The molecule has 1 aliphatic rings. The Bertz CT molecular complexity index is 397. The first-order chi connectivity index (χ1) is 7.72. The Morgan fingerprint density at radius 2 is 2.06 bits per heavy atom. The van der Waals surface area contributed by atoms with E-state index >= 15 is 0 Å². The van der Waals surface area contributed by atoms with E-state index in [1.807, 2.05) is 6.92 Å². The smallest absolute Gasteiger partial charge is 0.256 e. The molecule has 1 heterocycles. The van der Waals surface area contributed by atoms with Crippen LogP contribution >= 0.6 is 0 Å². The van der Waals surface area contributed by atoms with E-state index in [1.165, 1.54) is 6.07 Å². The van der Waals surface area contributed by atoms with Crippen molar-refractivity contribution in [3.63, 3.8) is 0 Å². The van der Waals surface area contributed by atoms with E-state index in [0.717, 1.165) is 37.9 Å². The van der Waals surface area contributed by atoms with Gasteiger partial charge in [-0.15, -0.1) is 0 Å². The van der Waals surface area contributed by atoms with Gasteiger partial charge in [-0.25, -0.2) is 4.39 Å². The molecule has 1 amide bonds. The molecular weight excluding hydrogens is 205 g/mol. The maximum absolute atomic E-state index is 13.6. The van der Waals surface area contributed by atoms with Gasteiger partial charge in [-0.05, 0) is 37.0 Å². The molecule has 0 radical (unpaired) electrons. The number of hydrogen-bond acceptors (Lipinski definition) is 1. The fraction of sp³-hybridized carbons (Fsp3) is 0.462. The second-order valence-electron chi connectivity index (χ2n) is 4.17. The summed E-state index contributed by atoms with van der Waals surface area (Å²) in [7, 11) is 0. The summed E-state index contributed by atoms with van der Waals surface area (Å²) >= 11 is 0. The van der Waals surface area contributed by atoms with Crippen LogP contribution in [-0.2, 0) is 6.42 Å². The van der Waals surface area contributed by atoms with Crippen LogP contribution in [0.4, 0.5) is 4.39 Å². The van der Waals surface area contributed by atoms with Gasteiger partial charge in [0.25, 0.3) is 5.91 Å². The summed E-state index contributed by atoms with van der Waals surface area (Å²) in [6.45, 7) is 3.51. The van der Waals surface area contributed by atoms with Gasteiger partial charge in [0.15, 0.2) is 0 Å². The fourth-order valence-corrected chi connectivity index (χ4v) is 2.05. The Labute approximate surface area is 95.1 Å². The van der Waals surface area contributed by atoms with Crippen molar-refractivity contribution in [1.82, 2.24) is 4.90 Å². The second-order valence-corrected chi connectivity index (χ2v) is 4.17. The number of hydrogen-bond donors (Lipinski definition) is 0. The molecule has 0 spiro atoms. The van der Waals surface area contributed by atoms with Crippen LogP contribution < -0.4 is 0 Å². The number of aryl methyl sites for hydroxylation is 1. The van der Waals surface area contributed by atoms with Gasteiger partial charge in [-0.3, -0.25) is 4.79 Å². The van der Waals surface area contributed by atoms with Gasteiger partial charge >= 0.3 is 0 Å². The molecule has 1 saturated heterocycles. The molecule has 1 aromatic carbocycles. The van der Waals surface area contributed by atoms with Gasteiger partial charge in [0.1, 0.15) is 5.82 Å². The second kappa shape index (κ2) is 4.64. The van der Waals surface area contributed by atoms with Crippen LogP contribution in [0.5, 0.6) is 0 Å². The largest absolute Gasteiger partial charge is 0.339 e. The van der Waals surface area contributed by atoms with Crippen LogP contribution in [0.25, 0.3) is 0 Å². The number of halogens is 1. The number of rotatable bonds is 2. The van der Waals surface area contributed by atoms with Crippen molar-refractivity contribution in [3.05, 3.63) is 35.1 Å². The Morgan fingerprint density at radius 1 is 1.38 bits per heavy atom. The third kappa shape index (κ3) is 2.08. The molecule has 1 aromatic rings. The minimum absolute atomic E-state index is 0.162. The van der Waals surface area contributed by atoms with E-state index in [1.54, 1.807) is 17.0 Å². The number of likely N-dealkylation sites (tertiary alicyclic amines) is 1. The summed E-state index contributed by atoms with van der Waals surface area (Å²) in [6, 6.07) is 4.80. The van der Waals surface area contributed by atoms with E-state index in [-0.39, 0.29) is 11.5 Å². The van der Waals surface area contributed by atoms with Crippen molar-refractivity contribution >= 4 is 5.91 Å². The van der Waals surface area contributed by atoms with Gasteiger partial charge in [-0.1, -0.05) is 13.0 Å². The van der Waals surface area contributed by atoms with Gasteiger partial charge in [0.2, 0.25) is 0 Å². The summed E-state index contributed by atoms with van der Waals surface area (Å²) in [5.41, 5.74) is 1.23. The first-order valence-electron chi connectivity index (χ1n) is 5.80. The van der Waals surface area contributed by atoms with E-state index in [0.29, 0.717) is 0 Å². The van der Waals surface area contributed by atoms with Gasteiger partial charge < -0.3 is 4.90 Å². The minimum atomic E-state index is -0.408. The predicted octanol–water partition coefficient (Wildman–Crippen LogP) is 2.62. The standard InChI is InChI=1S/C13H16FNO/c1-2-10-5-6-12(14)11(9-10)13(16)15-7-3-4-8-15/h5-6,9H,2-4,7-8H2,1H3. The molecule has 0 unspecified atom stereocenters.